The first-order chi connectivity index (χ1) is 5.61. The van der Waals surface area contributed by atoms with Gasteiger partial charge in [-0.25, -0.2) is 8.78 Å². The van der Waals surface area contributed by atoms with E-state index < -0.39 is 24.2 Å². The molecule has 0 saturated carbocycles. The predicted octanol–water partition coefficient (Wildman–Crippen LogP) is 0.562. The second kappa shape index (κ2) is 3.80. The number of nitrogens with one attached hydrogen (secondary N) is 1. The van der Waals surface area contributed by atoms with Crippen LogP contribution in [-0.4, -0.2) is 30.6 Å². The molecule has 1 heterocycles. The third kappa shape index (κ3) is 2.14. The fraction of sp³-hybridized carbons (Fsp3) is 0.857. The largest absolute Gasteiger partial charge is 0.481 e. The van der Waals surface area contributed by atoms with Crippen molar-refractivity contribution in [3.8, 4) is 0 Å². The Hall–Kier alpha value is -0.710. The molecule has 12 heavy (non-hydrogen) atoms. The van der Waals surface area contributed by atoms with Crippen LogP contribution in [0.5, 0.6) is 0 Å². The van der Waals surface area contributed by atoms with Gasteiger partial charge in [0.1, 0.15) is 0 Å². The van der Waals surface area contributed by atoms with Crippen molar-refractivity contribution in [2.75, 3.05) is 13.1 Å². The van der Waals surface area contributed by atoms with E-state index >= 15 is 0 Å². The van der Waals surface area contributed by atoms with E-state index in [1.165, 1.54) is 0 Å². The molecule has 0 spiro atoms. The summed E-state index contributed by atoms with van der Waals surface area (Å²) < 4.78 is 23.8. The lowest BCUT2D eigenvalue weighted by atomic mass is 9.93. The first-order valence-electron chi connectivity index (χ1n) is 3.83. The molecular weight excluding hydrogens is 168 g/mol. The summed E-state index contributed by atoms with van der Waals surface area (Å²) in [5.41, 5.74) is 0. The molecule has 3 nitrogen and oxygen atoms in total. The fourth-order valence-corrected chi connectivity index (χ4v) is 1.50. The van der Waals surface area contributed by atoms with Gasteiger partial charge < -0.3 is 10.4 Å². The zero-order chi connectivity index (χ0) is 9.14. The molecule has 1 fully saturated rings. The van der Waals surface area contributed by atoms with Crippen molar-refractivity contribution in [1.29, 1.82) is 0 Å². The van der Waals surface area contributed by atoms with E-state index in [9.17, 15) is 13.6 Å². The lowest BCUT2D eigenvalue weighted by Gasteiger charge is -2.12. The van der Waals surface area contributed by atoms with Gasteiger partial charge in [0.2, 0.25) is 6.43 Å². The van der Waals surface area contributed by atoms with Crippen LogP contribution in [0, 0.1) is 11.8 Å². The first-order valence-corrected chi connectivity index (χ1v) is 3.83. The van der Waals surface area contributed by atoms with Gasteiger partial charge in [-0.15, -0.1) is 0 Å². The molecule has 2 unspecified atom stereocenters. The Bertz CT molecular complexity index is 175. The number of carboxylic acids is 1. The van der Waals surface area contributed by atoms with Crippen molar-refractivity contribution in [3.63, 3.8) is 0 Å². The van der Waals surface area contributed by atoms with Crippen LogP contribution in [0.3, 0.4) is 0 Å². The quantitative estimate of drug-likeness (QED) is 0.665. The SMILES string of the molecule is O=C(O)C1CNCC1CC(F)F. The molecule has 0 aromatic heterocycles. The van der Waals surface area contributed by atoms with Crippen molar-refractivity contribution in [2.45, 2.75) is 12.8 Å². The summed E-state index contributed by atoms with van der Waals surface area (Å²) in [7, 11) is 0. The van der Waals surface area contributed by atoms with Crippen LogP contribution < -0.4 is 5.32 Å². The Morgan fingerprint density at radius 1 is 1.58 bits per heavy atom. The molecule has 0 radical (unpaired) electrons. The second-order valence-corrected chi connectivity index (χ2v) is 2.99. The number of carboxylic acid groups (broad SMARTS) is 1. The van der Waals surface area contributed by atoms with E-state index in [0.717, 1.165) is 0 Å². The molecule has 2 atom stereocenters. The van der Waals surface area contributed by atoms with Crippen molar-refractivity contribution < 1.29 is 18.7 Å². The van der Waals surface area contributed by atoms with E-state index in [4.69, 9.17) is 5.11 Å². The number of alkyl halides is 2. The Labute approximate surface area is 68.8 Å². The highest BCUT2D eigenvalue weighted by molar-refractivity contribution is 5.71. The molecule has 0 amide bonds. The van der Waals surface area contributed by atoms with Crippen LogP contribution in [0.4, 0.5) is 8.78 Å². The number of halogens is 2. The molecule has 0 aliphatic carbocycles. The third-order valence-corrected chi connectivity index (χ3v) is 2.14. The standard InChI is InChI=1S/C7H11F2NO2/c8-6(9)1-4-2-10-3-5(4)7(11)12/h4-6,10H,1-3H2,(H,11,12). The Morgan fingerprint density at radius 2 is 2.25 bits per heavy atom. The van der Waals surface area contributed by atoms with E-state index in [2.05, 4.69) is 5.32 Å². The highest BCUT2D eigenvalue weighted by Gasteiger charge is 2.34. The number of aliphatic carboxylic acids is 1. The normalized spacial score (nSPS) is 29.6. The van der Waals surface area contributed by atoms with Crippen LogP contribution in [0.1, 0.15) is 6.42 Å². The van der Waals surface area contributed by atoms with Crippen LogP contribution in [0.25, 0.3) is 0 Å². The van der Waals surface area contributed by atoms with Gasteiger partial charge in [0.05, 0.1) is 5.92 Å². The monoisotopic (exact) mass is 179 g/mol. The maximum Gasteiger partial charge on any atom is 0.308 e. The molecule has 70 valence electrons. The summed E-state index contributed by atoms with van der Waals surface area (Å²) in [6, 6.07) is 0. The van der Waals surface area contributed by atoms with Gasteiger partial charge in [-0.1, -0.05) is 0 Å². The van der Waals surface area contributed by atoms with Gasteiger partial charge in [-0.05, 0) is 12.5 Å². The highest BCUT2D eigenvalue weighted by Crippen LogP contribution is 2.23. The summed E-state index contributed by atoms with van der Waals surface area (Å²) in [4.78, 5) is 10.5. The summed E-state index contributed by atoms with van der Waals surface area (Å²) in [5, 5.41) is 11.4. The molecule has 5 heteroatoms. The molecule has 2 N–H and O–H groups in total. The van der Waals surface area contributed by atoms with Gasteiger partial charge in [-0.3, -0.25) is 4.79 Å². The fourth-order valence-electron chi connectivity index (χ4n) is 1.50. The average Bonchev–Trinajstić information content (AvgIpc) is 2.33. The maximum atomic E-state index is 11.9. The van der Waals surface area contributed by atoms with Crippen molar-refractivity contribution >= 4 is 5.97 Å². The topological polar surface area (TPSA) is 49.3 Å². The summed E-state index contributed by atoms with van der Waals surface area (Å²) in [6.45, 7) is 0.702. The van der Waals surface area contributed by atoms with Gasteiger partial charge in [0.25, 0.3) is 0 Å². The van der Waals surface area contributed by atoms with Crippen molar-refractivity contribution in [2.24, 2.45) is 11.8 Å². The zero-order valence-corrected chi connectivity index (χ0v) is 6.46. The molecule has 1 rings (SSSR count). The highest BCUT2D eigenvalue weighted by atomic mass is 19.3. The minimum Gasteiger partial charge on any atom is -0.481 e. The molecule has 1 aliphatic heterocycles. The summed E-state index contributed by atoms with van der Waals surface area (Å²) in [6.07, 6.45) is -2.72. The molecule has 0 bridgehead atoms. The second-order valence-electron chi connectivity index (χ2n) is 2.99. The Balaban J connectivity index is 2.46. The van der Waals surface area contributed by atoms with Crippen LogP contribution in [-0.2, 0) is 4.79 Å². The number of carbonyl (C=O) groups is 1. The molecule has 1 saturated heterocycles. The van der Waals surface area contributed by atoms with Crippen LogP contribution in [0.15, 0.2) is 0 Å². The Morgan fingerprint density at radius 3 is 2.75 bits per heavy atom. The Kier molecular flexibility index (Phi) is 2.97. The number of hydrogen-bond acceptors (Lipinski definition) is 2. The molecule has 1 aliphatic rings. The van der Waals surface area contributed by atoms with Crippen molar-refractivity contribution in [3.05, 3.63) is 0 Å². The van der Waals surface area contributed by atoms with Gasteiger partial charge in [0.15, 0.2) is 0 Å². The average molecular weight is 179 g/mol. The maximum absolute atomic E-state index is 11.9. The smallest absolute Gasteiger partial charge is 0.308 e. The number of rotatable bonds is 3. The predicted molar refractivity (Wildman–Crippen MR) is 38.1 cm³/mol. The van der Waals surface area contributed by atoms with Gasteiger partial charge >= 0.3 is 5.97 Å². The first kappa shape index (κ1) is 9.38. The molecule has 0 aromatic rings. The van der Waals surface area contributed by atoms with E-state index in [-0.39, 0.29) is 6.42 Å². The lowest BCUT2D eigenvalue weighted by Crippen LogP contribution is -2.23. The minimum absolute atomic E-state index is 0.312. The van der Waals surface area contributed by atoms with Crippen LogP contribution >= 0.6 is 0 Å². The zero-order valence-electron chi connectivity index (χ0n) is 6.46. The van der Waals surface area contributed by atoms with Gasteiger partial charge in [0, 0.05) is 13.0 Å². The third-order valence-electron chi connectivity index (χ3n) is 2.14. The molecule has 0 aromatic carbocycles. The van der Waals surface area contributed by atoms with E-state index in [1.807, 2.05) is 0 Å². The van der Waals surface area contributed by atoms with E-state index in [0.29, 0.717) is 13.1 Å². The van der Waals surface area contributed by atoms with E-state index in [1.54, 1.807) is 0 Å². The van der Waals surface area contributed by atoms with Crippen molar-refractivity contribution in [1.82, 2.24) is 5.32 Å². The van der Waals surface area contributed by atoms with Crippen LogP contribution in [0.2, 0.25) is 0 Å². The van der Waals surface area contributed by atoms with Gasteiger partial charge in [-0.2, -0.15) is 0 Å². The summed E-state index contributed by atoms with van der Waals surface area (Å²) in [5.74, 6) is -2.04. The molecular formula is C7H11F2NO2. The summed E-state index contributed by atoms with van der Waals surface area (Å²) >= 11 is 0. The minimum atomic E-state index is -2.41. The number of hydrogen-bond donors (Lipinski definition) is 2. The lowest BCUT2D eigenvalue weighted by molar-refractivity contribution is -0.142.